The van der Waals surface area contributed by atoms with Crippen LogP contribution < -0.4 is 4.72 Å². The number of carbonyl (C=O) groups excluding carboxylic acids is 1. The average molecular weight is 271 g/mol. The van der Waals surface area contributed by atoms with Crippen molar-refractivity contribution < 1.29 is 13.2 Å². The number of pyridine rings is 1. The summed E-state index contributed by atoms with van der Waals surface area (Å²) in [7, 11) is -1.94. The van der Waals surface area contributed by atoms with Gasteiger partial charge in [0.2, 0.25) is 15.9 Å². The standard InChI is InChI=1S/C11H17N3O3S/c1-10(15)14(6-7-18(16,17)12-2)9-11-4-3-5-13-8-11/h3-5,8,12H,6-7,9H2,1-2H3. The van der Waals surface area contributed by atoms with Crippen molar-refractivity contribution in [2.24, 2.45) is 0 Å². The van der Waals surface area contributed by atoms with E-state index in [2.05, 4.69) is 9.71 Å². The zero-order valence-corrected chi connectivity index (χ0v) is 11.3. The molecule has 18 heavy (non-hydrogen) atoms. The molecule has 1 N–H and O–H groups in total. The Hall–Kier alpha value is -1.47. The summed E-state index contributed by atoms with van der Waals surface area (Å²) in [6.45, 7) is 1.94. The van der Waals surface area contributed by atoms with Crippen molar-refractivity contribution >= 4 is 15.9 Å². The summed E-state index contributed by atoms with van der Waals surface area (Å²) in [6, 6.07) is 3.62. The zero-order valence-electron chi connectivity index (χ0n) is 10.5. The average Bonchev–Trinajstić information content (AvgIpc) is 2.35. The lowest BCUT2D eigenvalue weighted by atomic mass is 10.2. The number of nitrogens with zero attached hydrogens (tertiary/aromatic N) is 2. The van der Waals surface area contributed by atoms with Crippen LogP contribution in [0.25, 0.3) is 0 Å². The summed E-state index contributed by atoms with van der Waals surface area (Å²) >= 11 is 0. The van der Waals surface area contributed by atoms with Crippen molar-refractivity contribution in [2.45, 2.75) is 13.5 Å². The van der Waals surface area contributed by atoms with Crippen LogP contribution in [0.2, 0.25) is 0 Å². The van der Waals surface area contributed by atoms with Gasteiger partial charge in [0.25, 0.3) is 0 Å². The van der Waals surface area contributed by atoms with E-state index < -0.39 is 10.0 Å². The second-order valence-corrected chi connectivity index (χ2v) is 5.87. The minimum Gasteiger partial charge on any atom is -0.337 e. The van der Waals surface area contributed by atoms with E-state index in [-0.39, 0.29) is 18.2 Å². The lowest BCUT2D eigenvalue weighted by molar-refractivity contribution is -0.129. The van der Waals surface area contributed by atoms with Crippen LogP contribution in [0.3, 0.4) is 0 Å². The molecule has 1 aromatic heterocycles. The number of amides is 1. The van der Waals surface area contributed by atoms with E-state index >= 15 is 0 Å². The number of hydrogen-bond donors (Lipinski definition) is 1. The number of sulfonamides is 1. The highest BCUT2D eigenvalue weighted by Gasteiger charge is 2.14. The second-order valence-electron chi connectivity index (χ2n) is 3.82. The van der Waals surface area contributed by atoms with Gasteiger partial charge >= 0.3 is 0 Å². The highest BCUT2D eigenvalue weighted by atomic mass is 32.2. The van der Waals surface area contributed by atoms with Gasteiger partial charge in [0.05, 0.1) is 5.75 Å². The molecule has 6 nitrogen and oxygen atoms in total. The molecule has 7 heteroatoms. The first-order valence-corrected chi connectivity index (χ1v) is 7.15. The van der Waals surface area contributed by atoms with Crippen molar-refractivity contribution in [3.63, 3.8) is 0 Å². The molecule has 0 saturated carbocycles. The summed E-state index contributed by atoms with van der Waals surface area (Å²) < 4.78 is 24.9. The van der Waals surface area contributed by atoms with Gasteiger partial charge in [-0.2, -0.15) is 0 Å². The highest BCUT2D eigenvalue weighted by Crippen LogP contribution is 2.03. The molecule has 0 aliphatic heterocycles. The molecular weight excluding hydrogens is 254 g/mol. The molecule has 0 unspecified atom stereocenters. The van der Waals surface area contributed by atoms with Crippen LogP contribution in [0.1, 0.15) is 12.5 Å². The molecule has 1 amide bonds. The summed E-state index contributed by atoms with van der Waals surface area (Å²) in [4.78, 5) is 16.9. The number of nitrogens with one attached hydrogen (secondary N) is 1. The van der Waals surface area contributed by atoms with Gasteiger partial charge < -0.3 is 4.90 Å². The normalized spacial score (nSPS) is 11.2. The van der Waals surface area contributed by atoms with Crippen molar-refractivity contribution in [1.82, 2.24) is 14.6 Å². The molecule has 1 rings (SSSR count). The molecule has 100 valence electrons. The fraction of sp³-hybridized carbons (Fsp3) is 0.455. The zero-order chi connectivity index (χ0) is 13.6. The fourth-order valence-electron chi connectivity index (χ4n) is 1.39. The van der Waals surface area contributed by atoms with Crippen LogP contribution >= 0.6 is 0 Å². The predicted octanol–water partition coefficient (Wildman–Crippen LogP) is -0.0207. The van der Waals surface area contributed by atoms with Gasteiger partial charge in [0.15, 0.2) is 0 Å². The molecule has 0 aliphatic rings. The summed E-state index contributed by atoms with van der Waals surface area (Å²) in [6.07, 6.45) is 3.30. The van der Waals surface area contributed by atoms with Gasteiger partial charge in [-0.3, -0.25) is 9.78 Å². The molecule has 0 radical (unpaired) electrons. The first-order valence-electron chi connectivity index (χ1n) is 5.50. The maximum Gasteiger partial charge on any atom is 0.219 e. The van der Waals surface area contributed by atoms with Crippen molar-refractivity contribution in [1.29, 1.82) is 0 Å². The van der Waals surface area contributed by atoms with Crippen LogP contribution in [0.4, 0.5) is 0 Å². The van der Waals surface area contributed by atoms with E-state index in [1.54, 1.807) is 18.5 Å². The molecule has 1 aromatic rings. The lowest BCUT2D eigenvalue weighted by Gasteiger charge is -2.20. The van der Waals surface area contributed by atoms with Crippen molar-refractivity contribution in [2.75, 3.05) is 19.3 Å². The molecule has 0 spiro atoms. The van der Waals surface area contributed by atoms with Crippen LogP contribution in [0.15, 0.2) is 24.5 Å². The summed E-state index contributed by atoms with van der Waals surface area (Å²) in [5.74, 6) is -0.270. The Morgan fingerprint density at radius 2 is 2.22 bits per heavy atom. The largest absolute Gasteiger partial charge is 0.337 e. The van der Waals surface area contributed by atoms with E-state index in [9.17, 15) is 13.2 Å². The Bertz CT molecular complexity index is 488. The van der Waals surface area contributed by atoms with Gasteiger partial charge in [-0.1, -0.05) is 6.07 Å². The summed E-state index contributed by atoms with van der Waals surface area (Å²) in [5, 5.41) is 0. The quantitative estimate of drug-likeness (QED) is 0.788. The van der Waals surface area contributed by atoms with E-state index in [4.69, 9.17) is 0 Å². The Balaban J connectivity index is 2.65. The van der Waals surface area contributed by atoms with Crippen molar-refractivity contribution in [3.8, 4) is 0 Å². The molecule has 0 saturated heterocycles. The van der Waals surface area contributed by atoms with Gasteiger partial charge in [0.1, 0.15) is 0 Å². The molecular formula is C11H17N3O3S. The Morgan fingerprint density at radius 3 is 2.72 bits per heavy atom. The van der Waals surface area contributed by atoms with Crippen LogP contribution in [-0.4, -0.2) is 43.6 Å². The number of hydrogen-bond acceptors (Lipinski definition) is 4. The first-order chi connectivity index (χ1) is 8.44. The number of aromatic nitrogens is 1. The minimum atomic E-state index is -3.30. The first kappa shape index (κ1) is 14.6. The van der Waals surface area contributed by atoms with Crippen LogP contribution in [0, 0.1) is 0 Å². The molecule has 0 fully saturated rings. The van der Waals surface area contributed by atoms with Crippen molar-refractivity contribution in [3.05, 3.63) is 30.1 Å². The number of rotatable bonds is 6. The predicted molar refractivity (Wildman–Crippen MR) is 68.2 cm³/mol. The van der Waals surface area contributed by atoms with Gasteiger partial charge in [-0.25, -0.2) is 13.1 Å². The Morgan fingerprint density at radius 1 is 1.50 bits per heavy atom. The topological polar surface area (TPSA) is 79.4 Å². The maximum atomic E-state index is 11.4. The molecule has 1 heterocycles. The Kier molecular flexibility index (Phi) is 5.24. The van der Waals surface area contributed by atoms with Gasteiger partial charge in [0, 0.05) is 32.4 Å². The van der Waals surface area contributed by atoms with Gasteiger partial charge in [-0.05, 0) is 18.7 Å². The molecule has 0 atom stereocenters. The van der Waals surface area contributed by atoms with E-state index in [0.717, 1.165) is 5.56 Å². The van der Waals surface area contributed by atoms with Gasteiger partial charge in [-0.15, -0.1) is 0 Å². The fourth-order valence-corrected chi connectivity index (χ4v) is 2.06. The highest BCUT2D eigenvalue weighted by molar-refractivity contribution is 7.89. The van der Waals surface area contributed by atoms with Crippen LogP contribution in [-0.2, 0) is 21.4 Å². The third-order valence-electron chi connectivity index (χ3n) is 2.48. The molecule has 0 aliphatic carbocycles. The Labute approximate surface area is 107 Å². The van der Waals surface area contributed by atoms with E-state index in [0.29, 0.717) is 6.54 Å². The maximum absolute atomic E-state index is 11.4. The smallest absolute Gasteiger partial charge is 0.219 e. The minimum absolute atomic E-state index is 0.108. The number of carbonyl (C=O) groups is 1. The second kappa shape index (κ2) is 6.46. The monoisotopic (exact) mass is 271 g/mol. The van der Waals surface area contributed by atoms with E-state index in [1.165, 1.54) is 18.9 Å². The van der Waals surface area contributed by atoms with E-state index in [1.807, 2.05) is 6.07 Å². The third kappa shape index (κ3) is 4.80. The van der Waals surface area contributed by atoms with Crippen LogP contribution in [0.5, 0.6) is 0 Å². The SMILES string of the molecule is CNS(=O)(=O)CCN(Cc1cccnc1)C(C)=O. The third-order valence-corrected chi connectivity index (χ3v) is 3.82. The molecule has 0 aromatic carbocycles. The lowest BCUT2D eigenvalue weighted by Crippen LogP contribution is -2.35. The summed E-state index contributed by atoms with van der Waals surface area (Å²) in [5.41, 5.74) is 0.870. The molecule has 0 bridgehead atoms.